The fourth-order valence-corrected chi connectivity index (χ4v) is 2.33. The van der Waals surface area contributed by atoms with E-state index in [1.165, 1.54) is 0 Å². The Bertz CT molecular complexity index is 742. The molecule has 2 N–H and O–H groups in total. The van der Waals surface area contributed by atoms with E-state index >= 15 is 0 Å². The highest BCUT2D eigenvalue weighted by molar-refractivity contribution is 5.95. The third kappa shape index (κ3) is 5.24. The molecule has 25 heavy (non-hydrogen) atoms. The summed E-state index contributed by atoms with van der Waals surface area (Å²) in [5.41, 5.74) is 7.03. The lowest BCUT2D eigenvalue weighted by molar-refractivity contribution is -0.121. The maximum atomic E-state index is 12.1. The molecule has 2 aromatic carbocycles. The number of carbonyl (C=O) groups is 2. The van der Waals surface area contributed by atoms with Crippen molar-refractivity contribution in [1.82, 2.24) is 10.9 Å². The highest BCUT2D eigenvalue weighted by atomic mass is 16.5. The van der Waals surface area contributed by atoms with E-state index in [1.54, 1.807) is 31.4 Å². The molecule has 2 rings (SSSR count). The molecule has 132 valence electrons. The van der Waals surface area contributed by atoms with Gasteiger partial charge in [0.25, 0.3) is 5.91 Å². The minimum atomic E-state index is -0.396. The van der Waals surface area contributed by atoms with E-state index < -0.39 is 5.91 Å². The summed E-state index contributed by atoms with van der Waals surface area (Å²) in [6, 6.07) is 12.3. The minimum absolute atomic E-state index is 0.106. The van der Waals surface area contributed by atoms with E-state index in [1.807, 2.05) is 32.0 Å². The third-order valence-electron chi connectivity index (χ3n) is 3.53. The van der Waals surface area contributed by atoms with E-state index in [2.05, 4.69) is 10.9 Å². The van der Waals surface area contributed by atoms with Crippen molar-refractivity contribution in [3.05, 3.63) is 59.2 Å². The van der Waals surface area contributed by atoms with Gasteiger partial charge < -0.3 is 9.47 Å². The molecule has 0 aliphatic carbocycles. The third-order valence-corrected chi connectivity index (χ3v) is 3.53. The normalized spacial score (nSPS) is 10.0. The van der Waals surface area contributed by atoms with E-state index in [-0.39, 0.29) is 12.3 Å². The van der Waals surface area contributed by atoms with E-state index in [9.17, 15) is 9.59 Å². The maximum Gasteiger partial charge on any atom is 0.269 e. The zero-order valence-corrected chi connectivity index (χ0v) is 14.6. The Labute approximate surface area is 147 Å². The molecule has 6 heteroatoms. The quantitative estimate of drug-likeness (QED) is 0.791. The van der Waals surface area contributed by atoms with Gasteiger partial charge in [0.2, 0.25) is 5.91 Å². The standard InChI is InChI=1S/C19H22N2O4/c1-4-25-16-8-6-14(7-9-16)19(23)21-20-18(22)12-15-11-13(2)5-10-17(15)24-3/h5-11H,4,12H2,1-3H3,(H,20,22)(H,21,23). The Morgan fingerprint density at radius 2 is 1.76 bits per heavy atom. The molecular weight excluding hydrogens is 320 g/mol. The molecule has 0 heterocycles. The van der Waals surface area contributed by atoms with Crippen molar-refractivity contribution >= 4 is 11.8 Å². The van der Waals surface area contributed by atoms with Crippen LogP contribution in [0.2, 0.25) is 0 Å². The number of nitrogens with one attached hydrogen (secondary N) is 2. The SMILES string of the molecule is CCOc1ccc(C(=O)NNC(=O)Cc2cc(C)ccc2OC)cc1. The molecule has 0 atom stereocenters. The van der Waals surface area contributed by atoms with Crippen molar-refractivity contribution in [2.75, 3.05) is 13.7 Å². The van der Waals surface area contributed by atoms with Gasteiger partial charge in [0.05, 0.1) is 20.1 Å². The van der Waals surface area contributed by atoms with Crippen molar-refractivity contribution < 1.29 is 19.1 Å². The number of hydrogen-bond donors (Lipinski definition) is 2. The topological polar surface area (TPSA) is 76.7 Å². The Kier molecular flexibility index (Phi) is 6.39. The van der Waals surface area contributed by atoms with Crippen molar-refractivity contribution in [3.63, 3.8) is 0 Å². The molecule has 0 saturated heterocycles. The van der Waals surface area contributed by atoms with Crippen molar-refractivity contribution in [2.45, 2.75) is 20.3 Å². The van der Waals surface area contributed by atoms with Gasteiger partial charge in [-0.25, -0.2) is 0 Å². The van der Waals surface area contributed by atoms with Crippen LogP contribution in [0.25, 0.3) is 0 Å². The lowest BCUT2D eigenvalue weighted by Crippen LogP contribution is -2.42. The maximum absolute atomic E-state index is 12.1. The molecule has 0 radical (unpaired) electrons. The Morgan fingerprint density at radius 3 is 2.40 bits per heavy atom. The van der Waals surface area contributed by atoms with Gasteiger partial charge in [0.15, 0.2) is 0 Å². The zero-order valence-electron chi connectivity index (χ0n) is 14.6. The number of carbonyl (C=O) groups excluding carboxylic acids is 2. The second kappa shape index (κ2) is 8.73. The van der Waals surface area contributed by atoms with Crippen molar-refractivity contribution in [2.24, 2.45) is 0 Å². The summed E-state index contributed by atoms with van der Waals surface area (Å²) in [5, 5.41) is 0. The van der Waals surface area contributed by atoms with Crippen LogP contribution in [0.3, 0.4) is 0 Å². The van der Waals surface area contributed by atoms with Crippen molar-refractivity contribution in [3.8, 4) is 11.5 Å². The molecule has 0 aliphatic rings. The summed E-state index contributed by atoms with van der Waals surface area (Å²) in [7, 11) is 1.56. The summed E-state index contributed by atoms with van der Waals surface area (Å²) in [6.07, 6.45) is 0.106. The van der Waals surface area contributed by atoms with Gasteiger partial charge in [-0.2, -0.15) is 0 Å². The van der Waals surface area contributed by atoms with Gasteiger partial charge in [-0.05, 0) is 44.2 Å². The van der Waals surface area contributed by atoms with Gasteiger partial charge in [-0.1, -0.05) is 17.7 Å². The first-order chi connectivity index (χ1) is 12.0. The largest absolute Gasteiger partial charge is 0.496 e. The van der Waals surface area contributed by atoms with Crippen molar-refractivity contribution in [1.29, 1.82) is 0 Å². The van der Waals surface area contributed by atoms with Gasteiger partial charge in [-0.15, -0.1) is 0 Å². The van der Waals surface area contributed by atoms with Crippen LogP contribution in [0, 0.1) is 6.92 Å². The van der Waals surface area contributed by atoms with Crippen LogP contribution in [0.5, 0.6) is 11.5 Å². The number of methoxy groups -OCH3 is 1. The Hall–Kier alpha value is -3.02. The Balaban J connectivity index is 1.91. The zero-order chi connectivity index (χ0) is 18.2. The first-order valence-electron chi connectivity index (χ1n) is 7.99. The van der Waals surface area contributed by atoms with Crippen LogP contribution >= 0.6 is 0 Å². The van der Waals surface area contributed by atoms with E-state index in [0.717, 1.165) is 11.1 Å². The number of aryl methyl sites for hydroxylation is 1. The average Bonchev–Trinajstić information content (AvgIpc) is 2.61. The second-order valence-electron chi connectivity index (χ2n) is 5.45. The summed E-state index contributed by atoms with van der Waals surface area (Å²) < 4.78 is 10.6. The smallest absolute Gasteiger partial charge is 0.269 e. The average molecular weight is 342 g/mol. The highest BCUT2D eigenvalue weighted by Crippen LogP contribution is 2.20. The van der Waals surface area contributed by atoms with Crippen LogP contribution < -0.4 is 20.3 Å². The monoisotopic (exact) mass is 342 g/mol. The second-order valence-corrected chi connectivity index (χ2v) is 5.45. The molecule has 0 saturated carbocycles. The number of hydrogen-bond acceptors (Lipinski definition) is 4. The predicted molar refractivity (Wildman–Crippen MR) is 94.7 cm³/mol. The van der Waals surface area contributed by atoms with Crippen LogP contribution in [0.15, 0.2) is 42.5 Å². The summed E-state index contributed by atoms with van der Waals surface area (Å²) in [4.78, 5) is 24.1. The summed E-state index contributed by atoms with van der Waals surface area (Å²) in [5.74, 6) is 0.601. The van der Waals surface area contributed by atoms with Gasteiger partial charge >= 0.3 is 0 Å². The number of benzene rings is 2. The van der Waals surface area contributed by atoms with Gasteiger partial charge in [0, 0.05) is 11.1 Å². The molecule has 0 spiro atoms. The predicted octanol–water partition coefficient (Wildman–Crippen LogP) is 2.41. The molecule has 0 fully saturated rings. The Morgan fingerprint density at radius 1 is 1.04 bits per heavy atom. The fraction of sp³-hybridized carbons (Fsp3) is 0.263. The molecule has 6 nitrogen and oxygen atoms in total. The van der Waals surface area contributed by atoms with Crippen LogP contribution in [0.1, 0.15) is 28.4 Å². The lowest BCUT2D eigenvalue weighted by atomic mass is 10.1. The minimum Gasteiger partial charge on any atom is -0.496 e. The number of hydrazine groups is 1. The molecule has 0 aromatic heterocycles. The molecular formula is C19H22N2O4. The molecule has 2 amide bonds. The summed E-state index contributed by atoms with van der Waals surface area (Å²) in [6.45, 7) is 4.39. The van der Waals surface area contributed by atoms with E-state index in [4.69, 9.17) is 9.47 Å². The first-order valence-corrected chi connectivity index (χ1v) is 7.99. The van der Waals surface area contributed by atoms with Crippen LogP contribution in [-0.2, 0) is 11.2 Å². The number of ether oxygens (including phenoxy) is 2. The number of rotatable bonds is 6. The van der Waals surface area contributed by atoms with Gasteiger partial charge in [0.1, 0.15) is 11.5 Å². The molecule has 0 aliphatic heterocycles. The van der Waals surface area contributed by atoms with Crippen LogP contribution in [0.4, 0.5) is 0 Å². The molecule has 2 aromatic rings. The summed E-state index contributed by atoms with van der Waals surface area (Å²) >= 11 is 0. The highest BCUT2D eigenvalue weighted by Gasteiger charge is 2.11. The van der Waals surface area contributed by atoms with E-state index in [0.29, 0.717) is 23.7 Å². The first kappa shape index (κ1) is 18.3. The molecule has 0 unspecified atom stereocenters. The van der Waals surface area contributed by atoms with Gasteiger partial charge in [-0.3, -0.25) is 20.4 Å². The van der Waals surface area contributed by atoms with Crippen LogP contribution in [-0.4, -0.2) is 25.5 Å². The number of amides is 2. The lowest BCUT2D eigenvalue weighted by Gasteiger charge is -2.11. The molecule has 0 bridgehead atoms. The fourth-order valence-electron chi connectivity index (χ4n) is 2.33.